The Bertz CT molecular complexity index is 1230. The average Bonchev–Trinajstić information content (AvgIpc) is 3.08. The maximum absolute atomic E-state index is 13.5. The fraction of sp³-hybridized carbons (Fsp3) is 0.120. The highest BCUT2D eigenvalue weighted by atomic mass is 127. The van der Waals surface area contributed by atoms with E-state index in [-0.39, 0.29) is 18.0 Å². The van der Waals surface area contributed by atoms with E-state index in [0.29, 0.717) is 34.9 Å². The molecular formula is C25H20FIN2O4. The lowest BCUT2D eigenvalue weighted by Crippen LogP contribution is -2.35. The van der Waals surface area contributed by atoms with Crippen molar-refractivity contribution >= 4 is 46.2 Å². The Morgan fingerprint density at radius 1 is 1.03 bits per heavy atom. The van der Waals surface area contributed by atoms with Crippen molar-refractivity contribution in [3.05, 3.63) is 92.8 Å². The number of halogens is 2. The number of anilines is 1. The van der Waals surface area contributed by atoms with Crippen molar-refractivity contribution in [2.45, 2.75) is 13.5 Å². The Morgan fingerprint density at radius 3 is 2.55 bits per heavy atom. The van der Waals surface area contributed by atoms with Crippen LogP contribution < -0.4 is 19.9 Å². The zero-order valence-electron chi connectivity index (χ0n) is 17.7. The molecule has 0 saturated carbocycles. The third-order valence-corrected chi connectivity index (χ3v) is 5.62. The standard InChI is InChI=1S/C25H20FIN2O4/c1-2-32-22-14-17(13-21(27)23(22)33-15-16-7-6-8-18(26)11-16)12-20-24(30)28-29(25(20)31)19-9-4-3-5-10-19/h3-14H,2,15H2,1H3,(H,28,30)/b20-12-. The third-order valence-electron chi connectivity index (χ3n) is 4.82. The topological polar surface area (TPSA) is 67.9 Å². The van der Waals surface area contributed by atoms with Gasteiger partial charge >= 0.3 is 0 Å². The minimum atomic E-state index is -0.483. The molecule has 0 unspecified atom stereocenters. The highest BCUT2D eigenvalue weighted by Crippen LogP contribution is 2.36. The van der Waals surface area contributed by atoms with Gasteiger partial charge in [-0.25, -0.2) is 9.40 Å². The highest BCUT2D eigenvalue weighted by Gasteiger charge is 2.34. The lowest BCUT2D eigenvalue weighted by molar-refractivity contribution is -0.117. The molecule has 8 heteroatoms. The summed E-state index contributed by atoms with van der Waals surface area (Å²) in [5.41, 5.74) is 4.49. The molecule has 0 aromatic heterocycles. The number of nitrogens with zero attached hydrogens (tertiary/aromatic N) is 1. The van der Waals surface area contributed by atoms with Crippen LogP contribution in [-0.4, -0.2) is 18.4 Å². The van der Waals surface area contributed by atoms with Crippen LogP contribution in [0.2, 0.25) is 0 Å². The first-order valence-electron chi connectivity index (χ1n) is 10.2. The number of para-hydroxylation sites is 1. The van der Waals surface area contributed by atoms with Crippen LogP contribution in [0.25, 0.3) is 6.08 Å². The van der Waals surface area contributed by atoms with Gasteiger partial charge in [0.15, 0.2) is 11.5 Å². The van der Waals surface area contributed by atoms with Crippen molar-refractivity contribution in [1.29, 1.82) is 0 Å². The minimum Gasteiger partial charge on any atom is -0.490 e. The Labute approximate surface area is 204 Å². The molecule has 168 valence electrons. The Balaban J connectivity index is 1.61. The Hall–Kier alpha value is -3.40. The number of amides is 2. The Morgan fingerprint density at radius 2 is 1.82 bits per heavy atom. The van der Waals surface area contributed by atoms with Crippen molar-refractivity contribution in [1.82, 2.24) is 5.43 Å². The molecule has 1 heterocycles. The summed E-state index contributed by atoms with van der Waals surface area (Å²) in [5, 5.41) is 1.22. The number of hydrazine groups is 1. The fourth-order valence-electron chi connectivity index (χ4n) is 3.34. The van der Waals surface area contributed by atoms with E-state index in [1.807, 2.05) is 13.0 Å². The van der Waals surface area contributed by atoms with Gasteiger partial charge in [0, 0.05) is 0 Å². The van der Waals surface area contributed by atoms with Gasteiger partial charge in [0.05, 0.1) is 15.9 Å². The van der Waals surface area contributed by atoms with Crippen molar-refractivity contribution in [3.8, 4) is 11.5 Å². The summed E-state index contributed by atoms with van der Waals surface area (Å²) in [6, 6.07) is 18.6. The summed E-state index contributed by atoms with van der Waals surface area (Å²) in [4.78, 5) is 25.3. The predicted molar refractivity (Wildman–Crippen MR) is 131 cm³/mol. The zero-order valence-corrected chi connectivity index (χ0v) is 19.8. The van der Waals surface area contributed by atoms with Crippen LogP contribution in [0.15, 0.2) is 72.3 Å². The van der Waals surface area contributed by atoms with Gasteiger partial charge < -0.3 is 9.47 Å². The van der Waals surface area contributed by atoms with Crippen molar-refractivity contribution in [3.63, 3.8) is 0 Å². The number of hydrogen-bond donors (Lipinski definition) is 1. The molecule has 1 fully saturated rings. The molecule has 1 N–H and O–H groups in total. The molecular weight excluding hydrogens is 538 g/mol. The summed E-state index contributed by atoms with van der Waals surface area (Å²) in [7, 11) is 0. The molecule has 0 spiro atoms. The van der Waals surface area contributed by atoms with E-state index >= 15 is 0 Å². The molecule has 1 saturated heterocycles. The number of hydrogen-bond acceptors (Lipinski definition) is 4. The molecule has 0 bridgehead atoms. The number of carbonyl (C=O) groups is 2. The largest absolute Gasteiger partial charge is 0.490 e. The first-order chi connectivity index (χ1) is 16.0. The SMILES string of the molecule is CCOc1cc(/C=C2/C(=O)NN(c3ccccc3)C2=O)cc(I)c1OCc1cccc(F)c1. The van der Waals surface area contributed by atoms with E-state index in [1.54, 1.807) is 48.5 Å². The summed E-state index contributed by atoms with van der Waals surface area (Å²) in [6.45, 7) is 2.41. The molecule has 6 nitrogen and oxygen atoms in total. The van der Waals surface area contributed by atoms with Gasteiger partial charge in [-0.05, 0) is 83.1 Å². The fourth-order valence-corrected chi connectivity index (χ4v) is 4.12. The van der Waals surface area contributed by atoms with Gasteiger partial charge in [-0.15, -0.1) is 0 Å². The molecule has 0 atom stereocenters. The van der Waals surface area contributed by atoms with Gasteiger partial charge in [0.2, 0.25) is 0 Å². The van der Waals surface area contributed by atoms with E-state index in [0.717, 1.165) is 3.57 Å². The quantitative estimate of drug-likeness (QED) is 0.256. The van der Waals surface area contributed by atoms with Gasteiger partial charge in [0.25, 0.3) is 11.8 Å². The smallest absolute Gasteiger partial charge is 0.282 e. The summed E-state index contributed by atoms with van der Waals surface area (Å²) >= 11 is 2.11. The molecule has 1 aliphatic heterocycles. The number of benzene rings is 3. The molecule has 1 aliphatic rings. The summed E-state index contributed by atoms with van der Waals surface area (Å²) in [5.74, 6) is -0.272. The number of ether oxygens (including phenoxy) is 2. The van der Waals surface area contributed by atoms with Crippen LogP contribution in [0.5, 0.6) is 11.5 Å². The maximum Gasteiger partial charge on any atom is 0.282 e. The molecule has 0 aliphatic carbocycles. The molecule has 33 heavy (non-hydrogen) atoms. The van der Waals surface area contributed by atoms with E-state index in [9.17, 15) is 14.0 Å². The number of carbonyl (C=O) groups excluding carboxylic acids is 2. The molecule has 2 amide bonds. The van der Waals surface area contributed by atoms with Crippen LogP contribution >= 0.6 is 22.6 Å². The third kappa shape index (κ3) is 5.16. The van der Waals surface area contributed by atoms with Crippen molar-refractivity contribution in [2.75, 3.05) is 11.6 Å². The summed E-state index contributed by atoms with van der Waals surface area (Å²) < 4.78 is 25.9. The van der Waals surface area contributed by atoms with Gasteiger partial charge in [-0.1, -0.05) is 30.3 Å². The number of rotatable bonds is 7. The first-order valence-corrected chi connectivity index (χ1v) is 11.3. The van der Waals surface area contributed by atoms with Crippen molar-refractivity contribution < 1.29 is 23.5 Å². The van der Waals surface area contributed by atoms with Crippen molar-refractivity contribution in [2.24, 2.45) is 0 Å². The van der Waals surface area contributed by atoms with Gasteiger partial charge in [0.1, 0.15) is 18.0 Å². The van der Waals surface area contributed by atoms with Gasteiger partial charge in [-0.3, -0.25) is 15.0 Å². The van der Waals surface area contributed by atoms with E-state index < -0.39 is 11.8 Å². The second-order valence-corrected chi connectivity index (χ2v) is 8.32. The summed E-state index contributed by atoms with van der Waals surface area (Å²) in [6.07, 6.45) is 1.53. The lowest BCUT2D eigenvalue weighted by Gasteiger charge is -2.15. The van der Waals surface area contributed by atoms with Crippen LogP contribution in [0.3, 0.4) is 0 Å². The first kappa shape index (κ1) is 22.8. The molecule has 4 rings (SSSR count). The zero-order chi connectivity index (χ0) is 23.4. The van der Waals surface area contributed by atoms with E-state index in [4.69, 9.17) is 9.47 Å². The maximum atomic E-state index is 13.5. The monoisotopic (exact) mass is 558 g/mol. The second kappa shape index (κ2) is 10.0. The highest BCUT2D eigenvalue weighted by molar-refractivity contribution is 14.1. The second-order valence-electron chi connectivity index (χ2n) is 7.16. The lowest BCUT2D eigenvalue weighted by atomic mass is 10.1. The average molecular weight is 558 g/mol. The molecule has 0 radical (unpaired) electrons. The van der Waals surface area contributed by atoms with Crippen LogP contribution in [-0.2, 0) is 16.2 Å². The molecule has 3 aromatic rings. The van der Waals surface area contributed by atoms with Crippen LogP contribution in [0.1, 0.15) is 18.1 Å². The molecule has 3 aromatic carbocycles. The Kier molecular flexibility index (Phi) is 6.93. The normalized spacial score (nSPS) is 14.5. The minimum absolute atomic E-state index is 0.0190. The van der Waals surface area contributed by atoms with Crippen LogP contribution in [0, 0.1) is 9.39 Å². The van der Waals surface area contributed by atoms with Crippen LogP contribution in [0.4, 0.5) is 10.1 Å². The van der Waals surface area contributed by atoms with E-state index in [1.165, 1.54) is 23.2 Å². The van der Waals surface area contributed by atoms with Gasteiger partial charge in [-0.2, -0.15) is 0 Å². The van der Waals surface area contributed by atoms with E-state index in [2.05, 4.69) is 28.0 Å². The number of nitrogens with one attached hydrogen (secondary N) is 1. The predicted octanol–water partition coefficient (Wildman–Crippen LogP) is 4.87.